The van der Waals surface area contributed by atoms with E-state index < -0.39 is 18.0 Å². The van der Waals surface area contributed by atoms with Crippen LogP contribution in [0.2, 0.25) is 5.02 Å². The van der Waals surface area contributed by atoms with Gasteiger partial charge in [-0.2, -0.15) is 0 Å². The molecular weight excluding hydrogens is 422 g/mol. The first-order valence-electron chi connectivity index (χ1n) is 9.53. The maximum atomic E-state index is 12.7. The predicted octanol–water partition coefficient (Wildman–Crippen LogP) is 2.93. The summed E-state index contributed by atoms with van der Waals surface area (Å²) in [5.74, 6) is 0.467. The highest BCUT2D eigenvalue weighted by atomic mass is 35.5. The molecule has 3 N–H and O–H groups in total. The fraction of sp³-hybridized carbons (Fsp3) is 0.273. The number of carbonyl (C=O) groups is 2. The van der Waals surface area contributed by atoms with Gasteiger partial charge in [0.25, 0.3) is 0 Å². The number of halogens is 1. The fourth-order valence-electron chi connectivity index (χ4n) is 3.35. The van der Waals surface area contributed by atoms with Gasteiger partial charge in [-0.3, -0.25) is 0 Å². The number of carbonyl (C=O) groups excluding carboxylic acids is 2. The quantitative estimate of drug-likeness (QED) is 0.540. The van der Waals surface area contributed by atoms with E-state index in [4.69, 9.17) is 25.8 Å². The van der Waals surface area contributed by atoms with Crippen LogP contribution in [0, 0.1) is 0 Å². The van der Waals surface area contributed by atoms with Gasteiger partial charge in [-0.25, -0.2) is 9.59 Å². The highest BCUT2D eigenvalue weighted by Crippen LogP contribution is 2.34. The number of methoxy groups -OCH3 is 3. The Balaban J connectivity index is 1.92. The standard InChI is InChI=1S/C22H24ClN3O5/c1-29-17-9-8-13(10-18(17)30-2)20-19(21(27)31-3)16(25-22(28)26-20)12-24-11-14-6-4-5-7-15(14)23/h4-10,20,24H,11-12H2,1-3H3,(H2,25,26,28)/t20-/m0/s1. The summed E-state index contributed by atoms with van der Waals surface area (Å²) < 4.78 is 15.6. The molecule has 0 saturated heterocycles. The topological polar surface area (TPSA) is 97.9 Å². The maximum Gasteiger partial charge on any atom is 0.338 e. The number of ether oxygens (including phenoxy) is 3. The zero-order chi connectivity index (χ0) is 22.4. The Morgan fingerprint density at radius 3 is 2.48 bits per heavy atom. The molecule has 1 atom stereocenters. The van der Waals surface area contributed by atoms with E-state index >= 15 is 0 Å². The van der Waals surface area contributed by atoms with Gasteiger partial charge in [0, 0.05) is 23.8 Å². The summed E-state index contributed by atoms with van der Waals surface area (Å²) in [6.07, 6.45) is 0. The summed E-state index contributed by atoms with van der Waals surface area (Å²) >= 11 is 6.20. The lowest BCUT2D eigenvalue weighted by molar-refractivity contribution is -0.136. The third-order valence-corrected chi connectivity index (χ3v) is 5.24. The molecule has 2 amide bonds. The smallest absolute Gasteiger partial charge is 0.338 e. The van der Waals surface area contributed by atoms with Crippen molar-refractivity contribution in [2.45, 2.75) is 12.6 Å². The third kappa shape index (κ3) is 5.10. The van der Waals surface area contributed by atoms with Crippen LogP contribution in [0.25, 0.3) is 0 Å². The molecule has 8 nitrogen and oxygen atoms in total. The van der Waals surface area contributed by atoms with Gasteiger partial charge in [-0.1, -0.05) is 35.9 Å². The largest absolute Gasteiger partial charge is 0.493 e. The highest BCUT2D eigenvalue weighted by Gasteiger charge is 2.33. The van der Waals surface area contributed by atoms with Crippen molar-refractivity contribution in [3.05, 3.63) is 69.9 Å². The lowest BCUT2D eigenvalue weighted by Crippen LogP contribution is -2.48. The molecule has 0 fully saturated rings. The minimum Gasteiger partial charge on any atom is -0.493 e. The van der Waals surface area contributed by atoms with Gasteiger partial charge in [0.05, 0.1) is 32.9 Å². The van der Waals surface area contributed by atoms with Gasteiger partial charge in [0.15, 0.2) is 11.5 Å². The monoisotopic (exact) mass is 445 g/mol. The Morgan fingerprint density at radius 2 is 1.81 bits per heavy atom. The van der Waals surface area contributed by atoms with Crippen molar-refractivity contribution in [1.29, 1.82) is 0 Å². The number of hydrogen-bond acceptors (Lipinski definition) is 6. The van der Waals surface area contributed by atoms with E-state index in [-0.39, 0.29) is 6.54 Å². The van der Waals surface area contributed by atoms with Crippen LogP contribution in [0.3, 0.4) is 0 Å². The molecule has 0 saturated carbocycles. The van der Waals surface area contributed by atoms with Crippen LogP contribution in [0.1, 0.15) is 17.2 Å². The Morgan fingerprint density at radius 1 is 1.06 bits per heavy atom. The number of benzene rings is 2. The number of esters is 1. The molecule has 1 heterocycles. The number of urea groups is 1. The molecule has 0 spiro atoms. The van der Waals surface area contributed by atoms with E-state index in [0.29, 0.717) is 39.9 Å². The lowest BCUT2D eigenvalue weighted by atomic mass is 9.94. The van der Waals surface area contributed by atoms with Crippen molar-refractivity contribution >= 4 is 23.6 Å². The summed E-state index contributed by atoms with van der Waals surface area (Å²) in [5.41, 5.74) is 2.26. The number of rotatable bonds is 8. The SMILES string of the molecule is COC(=O)C1=C(CNCc2ccccc2Cl)NC(=O)N[C@H]1c1ccc(OC)c(OC)c1. The Hall–Kier alpha value is -3.23. The van der Waals surface area contributed by atoms with Crippen LogP contribution < -0.4 is 25.4 Å². The van der Waals surface area contributed by atoms with Crippen LogP contribution in [-0.2, 0) is 16.1 Å². The van der Waals surface area contributed by atoms with E-state index in [1.807, 2.05) is 18.2 Å². The summed E-state index contributed by atoms with van der Waals surface area (Å²) in [7, 11) is 4.35. The van der Waals surface area contributed by atoms with Gasteiger partial charge in [0.1, 0.15) is 0 Å². The summed E-state index contributed by atoms with van der Waals surface area (Å²) in [6, 6.07) is 11.5. The van der Waals surface area contributed by atoms with Crippen LogP contribution in [0.4, 0.5) is 4.79 Å². The Kier molecular flexibility index (Phi) is 7.38. The summed E-state index contributed by atoms with van der Waals surface area (Å²) in [5, 5.41) is 9.34. The second-order valence-corrected chi connectivity index (χ2v) is 7.13. The van der Waals surface area contributed by atoms with Crippen molar-refractivity contribution < 1.29 is 23.8 Å². The van der Waals surface area contributed by atoms with Gasteiger partial charge >= 0.3 is 12.0 Å². The average molecular weight is 446 g/mol. The third-order valence-electron chi connectivity index (χ3n) is 4.87. The molecule has 164 valence electrons. The zero-order valence-corrected chi connectivity index (χ0v) is 18.2. The van der Waals surface area contributed by atoms with Crippen LogP contribution in [0.15, 0.2) is 53.7 Å². The van der Waals surface area contributed by atoms with Crippen LogP contribution in [0.5, 0.6) is 11.5 Å². The van der Waals surface area contributed by atoms with Crippen molar-refractivity contribution in [1.82, 2.24) is 16.0 Å². The molecule has 0 aliphatic carbocycles. The molecular formula is C22H24ClN3O5. The van der Waals surface area contributed by atoms with Crippen molar-refractivity contribution in [3.63, 3.8) is 0 Å². The number of hydrogen-bond donors (Lipinski definition) is 3. The second-order valence-electron chi connectivity index (χ2n) is 6.72. The van der Waals surface area contributed by atoms with Crippen molar-refractivity contribution in [2.75, 3.05) is 27.9 Å². The average Bonchev–Trinajstić information content (AvgIpc) is 2.79. The molecule has 2 aromatic rings. The minimum atomic E-state index is -0.724. The molecule has 0 aromatic heterocycles. The van der Waals surface area contributed by atoms with E-state index in [9.17, 15) is 9.59 Å². The van der Waals surface area contributed by atoms with Crippen molar-refractivity contribution in [2.24, 2.45) is 0 Å². The first kappa shape index (κ1) is 22.5. The van der Waals surface area contributed by atoms with Gasteiger partial charge in [-0.15, -0.1) is 0 Å². The van der Waals surface area contributed by atoms with E-state index in [1.165, 1.54) is 21.3 Å². The summed E-state index contributed by atoms with van der Waals surface area (Å²) in [6.45, 7) is 0.689. The lowest BCUT2D eigenvalue weighted by Gasteiger charge is -2.29. The molecule has 3 rings (SSSR count). The normalized spacial score (nSPS) is 15.7. The maximum absolute atomic E-state index is 12.7. The molecule has 9 heteroatoms. The Bertz CT molecular complexity index is 1010. The fourth-order valence-corrected chi connectivity index (χ4v) is 3.56. The molecule has 2 aromatic carbocycles. The molecule has 0 unspecified atom stereocenters. The molecule has 1 aliphatic heterocycles. The first-order valence-corrected chi connectivity index (χ1v) is 9.91. The summed E-state index contributed by atoms with van der Waals surface area (Å²) in [4.78, 5) is 25.0. The van der Waals surface area contributed by atoms with Crippen molar-refractivity contribution in [3.8, 4) is 11.5 Å². The van der Waals surface area contributed by atoms with E-state index in [0.717, 1.165) is 5.56 Å². The molecule has 0 radical (unpaired) electrons. The zero-order valence-electron chi connectivity index (χ0n) is 17.5. The van der Waals surface area contributed by atoms with Gasteiger partial charge in [-0.05, 0) is 29.3 Å². The first-order chi connectivity index (χ1) is 15.0. The predicted molar refractivity (Wildman–Crippen MR) is 116 cm³/mol. The van der Waals surface area contributed by atoms with Crippen LogP contribution >= 0.6 is 11.6 Å². The molecule has 1 aliphatic rings. The molecule has 0 bridgehead atoms. The van der Waals surface area contributed by atoms with Gasteiger partial charge < -0.3 is 30.2 Å². The van der Waals surface area contributed by atoms with Gasteiger partial charge in [0.2, 0.25) is 0 Å². The van der Waals surface area contributed by atoms with E-state index in [2.05, 4.69) is 16.0 Å². The number of nitrogens with one attached hydrogen (secondary N) is 3. The van der Waals surface area contributed by atoms with E-state index in [1.54, 1.807) is 24.3 Å². The highest BCUT2D eigenvalue weighted by molar-refractivity contribution is 6.31. The Labute approximate surface area is 185 Å². The number of amides is 2. The molecule has 31 heavy (non-hydrogen) atoms. The second kappa shape index (κ2) is 10.2. The minimum absolute atomic E-state index is 0.229. The van der Waals surface area contributed by atoms with Crippen LogP contribution in [-0.4, -0.2) is 39.9 Å².